The van der Waals surface area contributed by atoms with E-state index in [0.29, 0.717) is 0 Å². The van der Waals surface area contributed by atoms with Crippen LogP contribution in [-0.4, -0.2) is 13.1 Å². The van der Waals surface area contributed by atoms with E-state index in [0.717, 1.165) is 11.8 Å². The average Bonchev–Trinajstić information content (AvgIpc) is 2.27. The van der Waals surface area contributed by atoms with E-state index >= 15 is 0 Å². The van der Waals surface area contributed by atoms with Crippen LogP contribution in [0.25, 0.3) is 0 Å². The Bertz CT molecular complexity index is 89.0. The van der Waals surface area contributed by atoms with E-state index in [-0.39, 0.29) is 0 Å². The summed E-state index contributed by atoms with van der Waals surface area (Å²) in [4.78, 5) is 0. The van der Waals surface area contributed by atoms with E-state index in [1.807, 2.05) is 0 Å². The Labute approximate surface area is 70.6 Å². The Morgan fingerprint density at radius 3 is 1.82 bits per heavy atom. The van der Waals surface area contributed by atoms with Crippen molar-refractivity contribution in [3.8, 4) is 0 Å². The minimum absolute atomic E-state index is 0.995. The molecule has 66 valence electrons. The minimum Gasteiger partial charge on any atom is -0.317 e. The van der Waals surface area contributed by atoms with Crippen molar-refractivity contribution < 1.29 is 0 Å². The maximum Gasteiger partial charge on any atom is -0.00462 e. The summed E-state index contributed by atoms with van der Waals surface area (Å²) >= 11 is 0. The molecular formula is C10H21N. The van der Waals surface area contributed by atoms with Crippen LogP contribution in [0.3, 0.4) is 0 Å². The maximum absolute atomic E-state index is 3.48. The summed E-state index contributed by atoms with van der Waals surface area (Å²) in [6.45, 7) is 7.15. The van der Waals surface area contributed by atoms with Crippen LogP contribution in [-0.2, 0) is 0 Å². The molecule has 1 aliphatic rings. The third-order valence-corrected chi connectivity index (χ3v) is 3.10. The minimum atomic E-state index is 0.995. The van der Waals surface area contributed by atoms with Crippen molar-refractivity contribution in [1.82, 2.24) is 5.32 Å². The fourth-order valence-corrected chi connectivity index (χ4v) is 2.25. The van der Waals surface area contributed by atoms with E-state index in [2.05, 4.69) is 19.2 Å². The van der Waals surface area contributed by atoms with Crippen molar-refractivity contribution in [2.75, 3.05) is 13.1 Å². The van der Waals surface area contributed by atoms with Gasteiger partial charge in [-0.25, -0.2) is 0 Å². The molecule has 1 fully saturated rings. The van der Waals surface area contributed by atoms with Gasteiger partial charge in [-0.05, 0) is 37.8 Å². The molecule has 2 unspecified atom stereocenters. The molecule has 0 aromatic carbocycles. The lowest BCUT2D eigenvalue weighted by Gasteiger charge is -2.21. The van der Waals surface area contributed by atoms with Gasteiger partial charge >= 0.3 is 0 Å². The first-order chi connectivity index (χ1) is 5.38. The summed E-state index contributed by atoms with van der Waals surface area (Å²) in [6, 6.07) is 0. The zero-order chi connectivity index (χ0) is 8.10. The lowest BCUT2D eigenvalue weighted by atomic mass is 9.84. The highest BCUT2D eigenvalue weighted by atomic mass is 14.9. The molecule has 1 N–H and O–H groups in total. The number of hydrogen-bond acceptors (Lipinski definition) is 1. The van der Waals surface area contributed by atoms with E-state index in [4.69, 9.17) is 0 Å². The van der Waals surface area contributed by atoms with Crippen LogP contribution < -0.4 is 5.32 Å². The average molecular weight is 155 g/mol. The first kappa shape index (κ1) is 9.05. The first-order valence-corrected chi connectivity index (χ1v) is 5.09. The summed E-state index contributed by atoms with van der Waals surface area (Å²) in [7, 11) is 0. The molecule has 0 spiro atoms. The van der Waals surface area contributed by atoms with Crippen molar-refractivity contribution in [3.63, 3.8) is 0 Å². The Hall–Kier alpha value is -0.0400. The number of rotatable bonds is 2. The van der Waals surface area contributed by atoms with E-state index in [1.54, 1.807) is 0 Å². The molecule has 2 atom stereocenters. The largest absolute Gasteiger partial charge is 0.317 e. The van der Waals surface area contributed by atoms with Crippen LogP contribution >= 0.6 is 0 Å². The molecule has 1 rings (SSSR count). The highest BCUT2D eigenvalue weighted by Gasteiger charge is 2.19. The van der Waals surface area contributed by atoms with Gasteiger partial charge in [-0.3, -0.25) is 0 Å². The first-order valence-electron chi connectivity index (χ1n) is 5.09. The van der Waals surface area contributed by atoms with Gasteiger partial charge in [0.25, 0.3) is 0 Å². The standard InChI is InChI=1S/C10H21N/c1-3-9-5-7-11-8-6-10(9)4-2/h9-11H,3-8H2,1-2H3. The van der Waals surface area contributed by atoms with Crippen molar-refractivity contribution in [1.29, 1.82) is 0 Å². The molecule has 0 amide bonds. The van der Waals surface area contributed by atoms with Crippen LogP contribution in [0.15, 0.2) is 0 Å². The van der Waals surface area contributed by atoms with Gasteiger partial charge in [0.15, 0.2) is 0 Å². The van der Waals surface area contributed by atoms with E-state index in [9.17, 15) is 0 Å². The zero-order valence-electron chi connectivity index (χ0n) is 7.90. The molecule has 1 nitrogen and oxygen atoms in total. The van der Waals surface area contributed by atoms with Gasteiger partial charge in [-0.1, -0.05) is 26.7 Å². The Balaban J connectivity index is 2.41. The van der Waals surface area contributed by atoms with E-state index in [1.165, 1.54) is 38.8 Å². The molecule has 1 heterocycles. The quantitative estimate of drug-likeness (QED) is 0.646. The lowest BCUT2D eigenvalue weighted by molar-refractivity contribution is 0.304. The molecule has 0 aromatic heterocycles. The zero-order valence-corrected chi connectivity index (χ0v) is 7.90. The van der Waals surface area contributed by atoms with Gasteiger partial charge in [0.2, 0.25) is 0 Å². The molecule has 1 heteroatoms. The highest BCUT2D eigenvalue weighted by molar-refractivity contribution is 4.73. The van der Waals surface area contributed by atoms with Crippen LogP contribution in [0, 0.1) is 11.8 Å². The van der Waals surface area contributed by atoms with Gasteiger partial charge in [0.1, 0.15) is 0 Å². The van der Waals surface area contributed by atoms with Crippen LogP contribution in [0.1, 0.15) is 39.5 Å². The summed E-state index contributed by atoms with van der Waals surface area (Å²) in [5, 5.41) is 3.48. The molecule has 0 bridgehead atoms. The predicted molar refractivity (Wildman–Crippen MR) is 49.7 cm³/mol. The fourth-order valence-electron chi connectivity index (χ4n) is 2.25. The number of nitrogens with one attached hydrogen (secondary N) is 1. The smallest absolute Gasteiger partial charge is 0.00462 e. The molecule has 1 saturated heterocycles. The van der Waals surface area contributed by atoms with Crippen molar-refractivity contribution in [2.45, 2.75) is 39.5 Å². The van der Waals surface area contributed by atoms with Gasteiger partial charge < -0.3 is 5.32 Å². The van der Waals surface area contributed by atoms with Gasteiger partial charge in [0, 0.05) is 0 Å². The SMILES string of the molecule is CCC1CCNCCC1CC. The second kappa shape index (κ2) is 4.76. The Kier molecular flexibility index (Phi) is 3.92. The summed E-state index contributed by atoms with van der Waals surface area (Å²) in [5.41, 5.74) is 0. The lowest BCUT2D eigenvalue weighted by Crippen LogP contribution is -2.13. The second-order valence-corrected chi connectivity index (χ2v) is 3.66. The molecule has 0 saturated carbocycles. The van der Waals surface area contributed by atoms with Gasteiger partial charge in [-0.15, -0.1) is 0 Å². The van der Waals surface area contributed by atoms with E-state index < -0.39 is 0 Å². The summed E-state index contributed by atoms with van der Waals surface area (Å²) < 4.78 is 0. The third kappa shape index (κ3) is 2.48. The summed E-state index contributed by atoms with van der Waals surface area (Å²) in [5.74, 6) is 1.99. The van der Waals surface area contributed by atoms with Gasteiger partial charge in [0.05, 0.1) is 0 Å². The van der Waals surface area contributed by atoms with Crippen LogP contribution in [0.5, 0.6) is 0 Å². The van der Waals surface area contributed by atoms with Crippen molar-refractivity contribution in [3.05, 3.63) is 0 Å². The number of hydrogen-bond donors (Lipinski definition) is 1. The van der Waals surface area contributed by atoms with Crippen LogP contribution in [0.4, 0.5) is 0 Å². The molecule has 11 heavy (non-hydrogen) atoms. The fraction of sp³-hybridized carbons (Fsp3) is 1.00. The second-order valence-electron chi connectivity index (χ2n) is 3.66. The highest BCUT2D eigenvalue weighted by Crippen LogP contribution is 2.26. The van der Waals surface area contributed by atoms with Crippen molar-refractivity contribution >= 4 is 0 Å². The van der Waals surface area contributed by atoms with Crippen molar-refractivity contribution in [2.24, 2.45) is 11.8 Å². The molecular weight excluding hydrogens is 134 g/mol. The molecule has 0 radical (unpaired) electrons. The van der Waals surface area contributed by atoms with Crippen LogP contribution in [0.2, 0.25) is 0 Å². The predicted octanol–water partition coefficient (Wildman–Crippen LogP) is 2.42. The molecule has 1 aliphatic heterocycles. The Morgan fingerprint density at radius 2 is 1.45 bits per heavy atom. The summed E-state index contributed by atoms with van der Waals surface area (Å²) in [6.07, 6.45) is 5.55. The van der Waals surface area contributed by atoms with Gasteiger partial charge in [-0.2, -0.15) is 0 Å². The third-order valence-electron chi connectivity index (χ3n) is 3.10. The normalized spacial score (nSPS) is 33.3. The monoisotopic (exact) mass is 155 g/mol. The maximum atomic E-state index is 3.48. The Morgan fingerprint density at radius 1 is 1.00 bits per heavy atom. The topological polar surface area (TPSA) is 12.0 Å². The molecule has 0 aromatic rings. The molecule has 0 aliphatic carbocycles.